The molecule has 18 heavy (non-hydrogen) atoms. The minimum absolute atomic E-state index is 0.613. The smallest absolute Gasteiger partial charge is 0.0232 e. The molecule has 2 aromatic rings. The zero-order chi connectivity index (χ0) is 13.0. The van der Waals surface area contributed by atoms with Gasteiger partial charge in [-0.25, -0.2) is 0 Å². The average Bonchev–Trinajstić information content (AvgIpc) is 2.40. The number of rotatable bonds is 4. The molecule has 0 aromatic heterocycles. The summed E-state index contributed by atoms with van der Waals surface area (Å²) < 4.78 is 0. The predicted molar refractivity (Wildman–Crippen MR) is 79.8 cm³/mol. The van der Waals surface area contributed by atoms with Gasteiger partial charge in [0.25, 0.3) is 0 Å². The quantitative estimate of drug-likeness (QED) is 0.836. The van der Waals surface area contributed by atoms with Crippen LogP contribution in [-0.2, 0) is 12.3 Å². The van der Waals surface area contributed by atoms with E-state index in [1.165, 1.54) is 27.1 Å². The molecule has 2 aromatic carbocycles. The summed E-state index contributed by atoms with van der Waals surface area (Å²) in [5, 5.41) is 0. The highest BCUT2D eigenvalue weighted by atomic mass is 32.2. The van der Waals surface area contributed by atoms with E-state index in [4.69, 9.17) is 5.73 Å². The second-order valence-electron chi connectivity index (χ2n) is 4.56. The van der Waals surface area contributed by atoms with Crippen molar-refractivity contribution in [3.63, 3.8) is 0 Å². The van der Waals surface area contributed by atoms with Crippen molar-refractivity contribution in [3.05, 3.63) is 64.7 Å². The van der Waals surface area contributed by atoms with Crippen molar-refractivity contribution in [2.75, 3.05) is 0 Å². The van der Waals surface area contributed by atoms with E-state index < -0.39 is 0 Å². The van der Waals surface area contributed by atoms with E-state index in [-0.39, 0.29) is 0 Å². The Morgan fingerprint density at radius 3 is 2.44 bits per heavy atom. The molecule has 0 spiro atoms. The Kier molecular flexibility index (Phi) is 4.45. The standard InChI is InChI=1S/C16H19NS/c1-12-6-7-16(8-13(12)2)18-11-15-5-3-4-14(9-15)10-17/h3-9H,10-11,17H2,1-2H3. The van der Waals surface area contributed by atoms with Crippen molar-refractivity contribution in [2.24, 2.45) is 5.73 Å². The number of hydrogen-bond acceptors (Lipinski definition) is 2. The van der Waals surface area contributed by atoms with Gasteiger partial charge in [0, 0.05) is 17.2 Å². The topological polar surface area (TPSA) is 26.0 Å². The molecule has 0 saturated carbocycles. The van der Waals surface area contributed by atoms with Crippen LogP contribution in [0.15, 0.2) is 47.4 Å². The van der Waals surface area contributed by atoms with Crippen molar-refractivity contribution in [1.29, 1.82) is 0 Å². The zero-order valence-corrected chi connectivity index (χ0v) is 11.8. The van der Waals surface area contributed by atoms with E-state index >= 15 is 0 Å². The number of hydrogen-bond donors (Lipinski definition) is 1. The third-order valence-electron chi connectivity index (χ3n) is 3.11. The van der Waals surface area contributed by atoms with Crippen LogP contribution in [0.1, 0.15) is 22.3 Å². The zero-order valence-electron chi connectivity index (χ0n) is 10.9. The summed E-state index contributed by atoms with van der Waals surface area (Å²) in [6.07, 6.45) is 0. The summed E-state index contributed by atoms with van der Waals surface area (Å²) in [6, 6.07) is 15.1. The number of thioether (sulfide) groups is 1. The first-order valence-corrected chi connectivity index (χ1v) is 7.15. The molecule has 0 aliphatic rings. The van der Waals surface area contributed by atoms with E-state index in [0.717, 1.165) is 5.75 Å². The Labute approximate surface area is 113 Å². The molecule has 0 bridgehead atoms. The molecule has 2 heteroatoms. The highest BCUT2D eigenvalue weighted by Gasteiger charge is 1.99. The van der Waals surface area contributed by atoms with E-state index in [0.29, 0.717) is 6.54 Å². The first-order chi connectivity index (χ1) is 8.69. The van der Waals surface area contributed by atoms with Crippen molar-refractivity contribution in [2.45, 2.75) is 31.0 Å². The Hall–Kier alpha value is -1.25. The minimum Gasteiger partial charge on any atom is -0.326 e. The van der Waals surface area contributed by atoms with Gasteiger partial charge in [0.1, 0.15) is 0 Å². The Morgan fingerprint density at radius 1 is 0.944 bits per heavy atom. The maximum atomic E-state index is 5.66. The van der Waals surface area contributed by atoms with Crippen molar-refractivity contribution in [1.82, 2.24) is 0 Å². The van der Waals surface area contributed by atoms with Gasteiger partial charge in [0.15, 0.2) is 0 Å². The van der Waals surface area contributed by atoms with E-state index in [2.05, 4.69) is 56.3 Å². The lowest BCUT2D eigenvalue weighted by atomic mass is 10.1. The molecule has 2 rings (SSSR count). The fraction of sp³-hybridized carbons (Fsp3) is 0.250. The van der Waals surface area contributed by atoms with Crippen LogP contribution in [0.2, 0.25) is 0 Å². The largest absolute Gasteiger partial charge is 0.326 e. The van der Waals surface area contributed by atoms with Gasteiger partial charge in [-0.05, 0) is 48.2 Å². The maximum Gasteiger partial charge on any atom is 0.0232 e. The molecule has 0 radical (unpaired) electrons. The summed E-state index contributed by atoms with van der Waals surface area (Å²) in [4.78, 5) is 1.33. The molecule has 0 aliphatic carbocycles. The first-order valence-electron chi connectivity index (χ1n) is 6.17. The van der Waals surface area contributed by atoms with Crippen LogP contribution in [0.3, 0.4) is 0 Å². The molecular formula is C16H19NS. The number of benzene rings is 2. The third-order valence-corrected chi connectivity index (χ3v) is 4.18. The summed E-state index contributed by atoms with van der Waals surface area (Å²) >= 11 is 1.87. The van der Waals surface area contributed by atoms with Crippen LogP contribution in [0.25, 0.3) is 0 Å². The lowest BCUT2D eigenvalue weighted by molar-refractivity contribution is 1.06. The summed E-state index contributed by atoms with van der Waals surface area (Å²) in [7, 11) is 0. The molecule has 94 valence electrons. The van der Waals surface area contributed by atoms with Gasteiger partial charge >= 0.3 is 0 Å². The predicted octanol–water partition coefficient (Wildman–Crippen LogP) is 4.05. The fourth-order valence-electron chi connectivity index (χ4n) is 1.82. The Bertz CT molecular complexity index is 534. The van der Waals surface area contributed by atoms with Gasteiger partial charge in [-0.3, -0.25) is 0 Å². The highest BCUT2D eigenvalue weighted by Crippen LogP contribution is 2.25. The SMILES string of the molecule is Cc1ccc(SCc2cccc(CN)c2)cc1C. The molecule has 0 heterocycles. The van der Waals surface area contributed by atoms with Gasteiger partial charge in [-0.2, -0.15) is 0 Å². The Morgan fingerprint density at radius 2 is 1.72 bits per heavy atom. The average molecular weight is 257 g/mol. The molecular weight excluding hydrogens is 238 g/mol. The van der Waals surface area contributed by atoms with Crippen LogP contribution in [0, 0.1) is 13.8 Å². The molecule has 0 unspecified atom stereocenters. The lowest BCUT2D eigenvalue weighted by Crippen LogP contribution is -1.96. The first kappa shape index (κ1) is 13.2. The monoisotopic (exact) mass is 257 g/mol. The van der Waals surface area contributed by atoms with E-state index in [1.54, 1.807) is 0 Å². The van der Waals surface area contributed by atoms with Crippen LogP contribution < -0.4 is 5.73 Å². The molecule has 0 fully saturated rings. The summed E-state index contributed by atoms with van der Waals surface area (Å²) in [6.45, 7) is 4.92. The van der Waals surface area contributed by atoms with E-state index in [9.17, 15) is 0 Å². The minimum atomic E-state index is 0.613. The normalized spacial score (nSPS) is 10.6. The van der Waals surface area contributed by atoms with Gasteiger partial charge in [0.05, 0.1) is 0 Å². The van der Waals surface area contributed by atoms with Crippen LogP contribution >= 0.6 is 11.8 Å². The Balaban J connectivity index is 2.04. The number of nitrogens with two attached hydrogens (primary N) is 1. The lowest BCUT2D eigenvalue weighted by Gasteiger charge is -2.06. The molecule has 0 atom stereocenters. The van der Waals surface area contributed by atoms with Crippen LogP contribution in [0.4, 0.5) is 0 Å². The van der Waals surface area contributed by atoms with Crippen LogP contribution in [0.5, 0.6) is 0 Å². The van der Waals surface area contributed by atoms with Gasteiger partial charge in [-0.15, -0.1) is 11.8 Å². The number of aryl methyl sites for hydroxylation is 2. The second-order valence-corrected chi connectivity index (χ2v) is 5.61. The fourth-order valence-corrected chi connectivity index (χ4v) is 2.75. The van der Waals surface area contributed by atoms with E-state index in [1.807, 2.05) is 11.8 Å². The van der Waals surface area contributed by atoms with Gasteiger partial charge < -0.3 is 5.73 Å². The van der Waals surface area contributed by atoms with Crippen molar-refractivity contribution < 1.29 is 0 Å². The van der Waals surface area contributed by atoms with Gasteiger partial charge in [0.2, 0.25) is 0 Å². The summed E-state index contributed by atoms with van der Waals surface area (Å²) in [5.74, 6) is 0.996. The van der Waals surface area contributed by atoms with Crippen molar-refractivity contribution in [3.8, 4) is 0 Å². The van der Waals surface area contributed by atoms with Crippen LogP contribution in [-0.4, -0.2) is 0 Å². The molecule has 2 N–H and O–H groups in total. The molecule has 0 saturated heterocycles. The highest BCUT2D eigenvalue weighted by molar-refractivity contribution is 7.98. The molecule has 1 nitrogen and oxygen atoms in total. The second kappa shape index (κ2) is 6.07. The summed E-state index contributed by atoms with van der Waals surface area (Å²) in [5.41, 5.74) is 10.9. The molecule has 0 amide bonds. The van der Waals surface area contributed by atoms with Crippen molar-refractivity contribution >= 4 is 11.8 Å². The van der Waals surface area contributed by atoms with Gasteiger partial charge in [-0.1, -0.05) is 30.3 Å². The molecule has 0 aliphatic heterocycles. The third kappa shape index (κ3) is 3.37. The maximum absolute atomic E-state index is 5.66.